The van der Waals surface area contributed by atoms with Gasteiger partial charge in [0.2, 0.25) is 0 Å². The Balaban J connectivity index is 1.98. The minimum atomic E-state index is -0.460. The molecule has 0 aromatic carbocycles. The van der Waals surface area contributed by atoms with Gasteiger partial charge >= 0.3 is 0 Å². The van der Waals surface area contributed by atoms with Gasteiger partial charge in [0.25, 0.3) is 0 Å². The van der Waals surface area contributed by atoms with Gasteiger partial charge in [0.1, 0.15) is 6.29 Å². The van der Waals surface area contributed by atoms with E-state index >= 15 is 0 Å². The van der Waals surface area contributed by atoms with Gasteiger partial charge in [-0.2, -0.15) is 0 Å². The molecular formula is C15H18O4. The highest BCUT2D eigenvalue weighted by Crippen LogP contribution is 2.41. The van der Waals surface area contributed by atoms with Gasteiger partial charge in [-0.3, -0.25) is 9.59 Å². The molecule has 0 radical (unpaired) electrons. The van der Waals surface area contributed by atoms with Gasteiger partial charge in [-0.05, 0) is 44.4 Å². The van der Waals surface area contributed by atoms with Crippen LogP contribution in [-0.4, -0.2) is 17.7 Å². The minimum absolute atomic E-state index is 0.00676. The highest BCUT2D eigenvalue weighted by atomic mass is 16.5. The third kappa shape index (κ3) is 3.41. The number of carbonyl (C=O) groups is 2. The Kier molecular flexibility index (Phi) is 4.00. The van der Waals surface area contributed by atoms with Crippen molar-refractivity contribution in [2.45, 2.75) is 44.8 Å². The Hall–Kier alpha value is -1.68. The molecule has 0 bridgehead atoms. The van der Waals surface area contributed by atoms with Crippen molar-refractivity contribution in [2.24, 2.45) is 0 Å². The molecule has 4 nitrogen and oxygen atoms in total. The van der Waals surface area contributed by atoms with Crippen LogP contribution < -0.4 is 0 Å². The third-order valence-corrected chi connectivity index (χ3v) is 3.40. The molecule has 0 aliphatic carbocycles. The van der Waals surface area contributed by atoms with E-state index in [2.05, 4.69) is 0 Å². The van der Waals surface area contributed by atoms with E-state index < -0.39 is 5.60 Å². The second-order valence-corrected chi connectivity index (χ2v) is 5.30. The maximum atomic E-state index is 11.8. The summed E-state index contributed by atoms with van der Waals surface area (Å²) in [5, 5.41) is 0. The number of carbonyl (C=O) groups excluding carboxylic acids is 2. The molecule has 1 aromatic heterocycles. The topological polar surface area (TPSA) is 56.5 Å². The van der Waals surface area contributed by atoms with Crippen LogP contribution >= 0.6 is 0 Å². The summed E-state index contributed by atoms with van der Waals surface area (Å²) in [6.07, 6.45) is 7.35. The summed E-state index contributed by atoms with van der Waals surface area (Å²) in [4.78, 5) is 22.3. The largest absolute Gasteiger partial charge is 0.472 e. The van der Waals surface area contributed by atoms with Crippen molar-refractivity contribution in [3.63, 3.8) is 0 Å². The van der Waals surface area contributed by atoms with Crippen molar-refractivity contribution in [1.29, 1.82) is 0 Å². The Morgan fingerprint density at radius 1 is 1.58 bits per heavy atom. The third-order valence-electron chi connectivity index (χ3n) is 3.40. The molecular weight excluding hydrogens is 244 g/mol. The first-order valence-corrected chi connectivity index (χ1v) is 6.39. The van der Waals surface area contributed by atoms with Crippen LogP contribution in [0.15, 0.2) is 34.7 Å². The molecule has 0 amide bonds. The van der Waals surface area contributed by atoms with E-state index in [1.165, 1.54) is 6.08 Å². The predicted molar refractivity (Wildman–Crippen MR) is 69.6 cm³/mol. The smallest absolute Gasteiger partial charge is 0.158 e. The molecule has 2 heterocycles. The molecule has 1 aromatic rings. The van der Waals surface area contributed by atoms with Crippen LogP contribution in [0.1, 0.15) is 44.8 Å². The maximum absolute atomic E-state index is 11.8. The van der Waals surface area contributed by atoms with Crippen molar-refractivity contribution < 1.29 is 18.7 Å². The zero-order valence-corrected chi connectivity index (χ0v) is 11.2. The number of allylic oxidation sites excluding steroid dienone is 2. The van der Waals surface area contributed by atoms with E-state index in [1.807, 2.05) is 13.0 Å². The summed E-state index contributed by atoms with van der Waals surface area (Å²) in [6, 6.07) is 1.88. The number of hydrogen-bond acceptors (Lipinski definition) is 4. The van der Waals surface area contributed by atoms with Crippen molar-refractivity contribution in [2.75, 3.05) is 0 Å². The molecule has 19 heavy (non-hydrogen) atoms. The van der Waals surface area contributed by atoms with Crippen molar-refractivity contribution >= 4 is 12.1 Å². The molecule has 1 fully saturated rings. The Morgan fingerprint density at radius 2 is 2.37 bits per heavy atom. The van der Waals surface area contributed by atoms with E-state index in [0.717, 1.165) is 18.4 Å². The average molecular weight is 262 g/mol. The van der Waals surface area contributed by atoms with E-state index in [4.69, 9.17) is 9.15 Å². The SMILES string of the molecule is C/C(C=O)=C\C(=O)CC1(C)CCC(c2ccoc2)O1. The zero-order valence-electron chi connectivity index (χ0n) is 11.2. The summed E-state index contributed by atoms with van der Waals surface area (Å²) in [6.45, 7) is 3.56. The lowest BCUT2D eigenvalue weighted by atomic mass is 9.94. The molecule has 1 saturated heterocycles. The zero-order chi connectivity index (χ0) is 13.9. The normalized spacial score (nSPS) is 27.5. The lowest BCUT2D eigenvalue weighted by Gasteiger charge is -2.23. The lowest BCUT2D eigenvalue weighted by Crippen LogP contribution is -2.26. The second kappa shape index (κ2) is 5.53. The highest BCUT2D eigenvalue weighted by molar-refractivity contribution is 5.95. The van der Waals surface area contributed by atoms with E-state index in [1.54, 1.807) is 19.5 Å². The van der Waals surface area contributed by atoms with Crippen LogP contribution in [0.4, 0.5) is 0 Å². The first kappa shape index (κ1) is 13.7. The number of furan rings is 1. The number of ether oxygens (including phenoxy) is 1. The van der Waals surface area contributed by atoms with Gasteiger partial charge in [0.05, 0.1) is 24.2 Å². The fraction of sp³-hybridized carbons (Fsp3) is 0.467. The quantitative estimate of drug-likeness (QED) is 0.604. The molecule has 2 atom stereocenters. The molecule has 0 saturated carbocycles. The van der Waals surface area contributed by atoms with Crippen molar-refractivity contribution in [1.82, 2.24) is 0 Å². The van der Waals surface area contributed by atoms with Crippen LogP contribution in [0.25, 0.3) is 0 Å². The van der Waals surface area contributed by atoms with Crippen LogP contribution in [0.5, 0.6) is 0 Å². The monoisotopic (exact) mass is 262 g/mol. The van der Waals surface area contributed by atoms with Crippen molar-refractivity contribution in [3.8, 4) is 0 Å². The minimum Gasteiger partial charge on any atom is -0.472 e. The van der Waals surface area contributed by atoms with Crippen LogP contribution in [0, 0.1) is 0 Å². The lowest BCUT2D eigenvalue weighted by molar-refractivity contribution is -0.121. The average Bonchev–Trinajstić information content (AvgIpc) is 2.97. The Labute approximate surface area is 112 Å². The molecule has 102 valence electrons. The first-order valence-electron chi connectivity index (χ1n) is 6.39. The van der Waals surface area contributed by atoms with E-state index in [0.29, 0.717) is 18.3 Å². The molecule has 2 unspecified atom stereocenters. The summed E-state index contributed by atoms with van der Waals surface area (Å²) < 4.78 is 11.0. The molecule has 0 N–H and O–H groups in total. The van der Waals surface area contributed by atoms with Crippen molar-refractivity contribution in [3.05, 3.63) is 35.8 Å². The molecule has 1 aliphatic heterocycles. The number of ketones is 1. The number of aldehydes is 1. The summed E-state index contributed by atoms with van der Waals surface area (Å²) in [7, 11) is 0. The summed E-state index contributed by atoms with van der Waals surface area (Å²) >= 11 is 0. The van der Waals surface area contributed by atoms with Gasteiger partial charge in [-0.1, -0.05) is 0 Å². The fourth-order valence-corrected chi connectivity index (χ4v) is 2.43. The van der Waals surface area contributed by atoms with Gasteiger partial charge < -0.3 is 9.15 Å². The highest BCUT2D eigenvalue weighted by Gasteiger charge is 2.38. The van der Waals surface area contributed by atoms with Crippen LogP contribution in [-0.2, 0) is 14.3 Å². The number of hydrogen-bond donors (Lipinski definition) is 0. The second-order valence-electron chi connectivity index (χ2n) is 5.30. The fourth-order valence-electron chi connectivity index (χ4n) is 2.43. The maximum Gasteiger partial charge on any atom is 0.158 e. The number of rotatable bonds is 5. The van der Waals surface area contributed by atoms with Crippen LogP contribution in [0.3, 0.4) is 0 Å². The molecule has 4 heteroatoms. The summed E-state index contributed by atoms with van der Waals surface area (Å²) in [5.41, 5.74) is 0.993. The van der Waals surface area contributed by atoms with Crippen LogP contribution in [0.2, 0.25) is 0 Å². The Morgan fingerprint density at radius 3 is 3.00 bits per heavy atom. The standard InChI is InChI=1S/C15H18O4/c1-11(9-16)7-13(17)8-15(2)5-3-14(19-15)12-4-6-18-10-12/h4,6-7,9-10,14H,3,5,8H2,1-2H3/b11-7+. The van der Waals surface area contributed by atoms with E-state index in [9.17, 15) is 9.59 Å². The summed E-state index contributed by atoms with van der Waals surface area (Å²) in [5.74, 6) is -0.0695. The molecule has 0 spiro atoms. The van der Waals surface area contributed by atoms with Gasteiger partial charge in [0, 0.05) is 12.0 Å². The predicted octanol–water partition coefficient (Wildman–Crippen LogP) is 2.99. The Bertz CT molecular complexity index is 486. The van der Waals surface area contributed by atoms with Gasteiger partial charge in [-0.15, -0.1) is 0 Å². The molecule has 2 rings (SSSR count). The molecule has 1 aliphatic rings. The van der Waals surface area contributed by atoms with Gasteiger partial charge in [-0.25, -0.2) is 0 Å². The first-order chi connectivity index (χ1) is 9.02. The van der Waals surface area contributed by atoms with Gasteiger partial charge in [0.15, 0.2) is 5.78 Å². The van der Waals surface area contributed by atoms with E-state index in [-0.39, 0.29) is 11.9 Å².